The zero-order chi connectivity index (χ0) is 19.1. The minimum absolute atomic E-state index is 0.0550. The van der Waals surface area contributed by atoms with Gasteiger partial charge in [-0.1, -0.05) is 6.07 Å². The summed E-state index contributed by atoms with van der Waals surface area (Å²) in [5.41, 5.74) is 0.365. The molecule has 8 heteroatoms. The van der Waals surface area contributed by atoms with Gasteiger partial charge in [0.25, 0.3) is 11.8 Å². The van der Waals surface area contributed by atoms with Crippen molar-refractivity contribution >= 4 is 17.8 Å². The Kier molecular flexibility index (Phi) is 6.97. The van der Waals surface area contributed by atoms with Crippen molar-refractivity contribution in [1.29, 1.82) is 0 Å². The zero-order valence-electron chi connectivity index (χ0n) is 15.2. The number of carbonyl (C=O) groups is 3. The monoisotopic (exact) mass is 364 g/mol. The molecule has 2 atom stereocenters. The predicted octanol–water partition coefficient (Wildman–Crippen LogP) is 0.604. The average Bonchev–Trinajstić information content (AvgIpc) is 2.63. The van der Waals surface area contributed by atoms with Crippen molar-refractivity contribution in [1.82, 2.24) is 10.2 Å². The Morgan fingerprint density at radius 1 is 1.23 bits per heavy atom. The fourth-order valence-corrected chi connectivity index (χ4v) is 2.68. The maximum Gasteiger partial charge on any atom is 0.325 e. The van der Waals surface area contributed by atoms with Crippen LogP contribution in [0.4, 0.5) is 0 Å². The molecule has 2 amide bonds. The molecule has 1 aliphatic rings. The standard InChI is InChI=1S/C18H24N2O6/c1-12-9-20(10-13(2)26-12)16(21)11-25-17(22)8-19-18(23)14-5-4-6-15(7-14)24-3/h4-7,12-13H,8-11H2,1-3H3,(H,19,23)/t12-,13+. The molecule has 1 N–H and O–H groups in total. The van der Waals surface area contributed by atoms with E-state index in [1.807, 2.05) is 13.8 Å². The van der Waals surface area contributed by atoms with Crippen LogP contribution < -0.4 is 10.1 Å². The number of esters is 1. The van der Waals surface area contributed by atoms with E-state index in [1.165, 1.54) is 7.11 Å². The summed E-state index contributed by atoms with van der Waals surface area (Å²) in [6.07, 6.45) is -0.110. The molecule has 0 spiro atoms. The molecule has 142 valence electrons. The molecule has 8 nitrogen and oxygen atoms in total. The average molecular weight is 364 g/mol. The number of methoxy groups -OCH3 is 1. The van der Waals surface area contributed by atoms with Crippen molar-refractivity contribution in [3.05, 3.63) is 29.8 Å². The molecule has 0 bridgehead atoms. The number of nitrogens with one attached hydrogen (secondary N) is 1. The molecule has 0 radical (unpaired) electrons. The molecule has 1 saturated heterocycles. The SMILES string of the molecule is COc1cccc(C(=O)NCC(=O)OCC(=O)N2C[C@@H](C)O[C@@H](C)C2)c1. The highest BCUT2D eigenvalue weighted by Crippen LogP contribution is 2.12. The second kappa shape index (κ2) is 9.19. The molecule has 0 unspecified atom stereocenters. The van der Waals surface area contributed by atoms with Gasteiger partial charge in [-0.3, -0.25) is 14.4 Å². The van der Waals surface area contributed by atoms with Gasteiger partial charge in [-0.2, -0.15) is 0 Å². The number of rotatable bonds is 6. The molecular weight excluding hydrogens is 340 g/mol. The van der Waals surface area contributed by atoms with Crippen molar-refractivity contribution in [2.24, 2.45) is 0 Å². The van der Waals surface area contributed by atoms with Crippen molar-refractivity contribution < 1.29 is 28.6 Å². The fraction of sp³-hybridized carbons (Fsp3) is 0.500. The second-order valence-corrected chi connectivity index (χ2v) is 6.13. The fourth-order valence-electron chi connectivity index (χ4n) is 2.68. The number of amides is 2. The van der Waals surface area contributed by atoms with Crippen molar-refractivity contribution in [3.8, 4) is 5.75 Å². The quantitative estimate of drug-likeness (QED) is 0.743. The lowest BCUT2D eigenvalue weighted by atomic mass is 10.2. The van der Waals surface area contributed by atoms with Crippen LogP contribution in [0.15, 0.2) is 24.3 Å². The lowest BCUT2D eigenvalue weighted by Gasteiger charge is -2.35. The third-order valence-electron chi connectivity index (χ3n) is 3.85. The first kappa shape index (κ1) is 19.7. The lowest BCUT2D eigenvalue weighted by Crippen LogP contribution is -2.49. The van der Waals surface area contributed by atoms with Gasteiger partial charge in [0.1, 0.15) is 12.3 Å². The van der Waals surface area contributed by atoms with Crippen molar-refractivity contribution in [2.45, 2.75) is 26.1 Å². The highest BCUT2D eigenvalue weighted by molar-refractivity contribution is 5.96. The summed E-state index contributed by atoms with van der Waals surface area (Å²) in [6.45, 7) is 4.03. The van der Waals surface area contributed by atoms with Gasteiger partial charge in [-0.25, -0.2) is 0 Å². The summed E-state index contributed by atoms with van der Waals surface area (Å²) in [5.74, 6) is -0.841. The van der Waals surface area contributed by atoms with E-state index in [9.17, 15) is 14.4 Å². The summed E-state index contributed by atoms with van der Waals surface area (Å²) in [6, 6.07) is 6.55. The van der Waals surface area contributed by atoms with Gasteiger partial charge in [0.05, 0.1) is 19.3 Å². The van der Waals surface area contributed by atoms with Crippen LogP contribution in [-0.4, -0.2) is 68.2 Å². The topological polar surface area (TPSA) is 94.2 Å². The Bertz CT molecular complexity index is 653. The largest absolute Gasteiger partial charge is 0.497 e. The third-order valence-corrected chi connectivity index (χ3v) is 3.85. The summed E-state index contributed by atoms with van der Waals surface area (Å²) in [5, 5.41) is 2.45. The van der Waals surface area contributed by atoms with E-state index in [1.54, 1.807) is 29.2 Å². The molecule has 26 heavy (non-hydrogen) atoms. The van der Waals surface area contributed by atoms with Crippen LogP contribution in [-0.2, 0) is 19.1 Å². The number of nitrogens with zero attached hydrogens (tertiary/aromatic N) is 1. The minimum atomic E-state index is -0.677. The lowest BCUT2D eigenvalue weighted by molar-refractivity contribution is -0.156. The Morgan fingerprint density at radius 3 is 2.58 bits per heavy atom. The molecule has 1 aromatic rings. The molecule has 0 aliphatic carbocycles. The van der Waals surface area contributed by atoms with Crippen LogP contribution in [0.3, 0.4) is 0 Å². The maximum atomic E-state index is 12.1. The highest BCUT2D eigenvalue weighted by Gasteiger charge is 2.26. The van der Waals surface area contributed by atoms with Gasteiger partial charge >= 0.3 is 5.97 Å². The smallest absolute Gasteiger partial charge is 0.325 e. The second-order valence-electron chi connectivity index (χ2n) is 6.13. The highest BCUT2D eigenvalue weighted by atomic mass is 16.5. The molecule has 1 aliphatic heterocycles. The van der Waals surface area contributed by atoms with Gasteiger partial charge in [0.15, 0.2) is 6.61 Å². The summed E-state index contributed by atoms with van der Waals surface area (Å²) in [7, 11) is 1.50. The number of benzene rings is 1. The molecular formula is C18H24N2O6. The van der Waals surface area contributed by atoms with Crippen molar-refractivity contribution in [2.75, 3.05) is 33.4 Å². The van der Waals surface area contributed by atoms with Gasteiger partial charge in [-0.15, -0.1) is 0 Å². The minimum Gasteiger partial charge on any atom is -0.497 e. The predicted molar refractivity (Wildman–Crippen MR) is 92.9 cm³/mol. The number of hydrogen-bond acceptors (Lipinski definition) is 6. The first-order valence-corrected chi connectivity index (χ1v) is 8.40. The van der Waals surface area contributed by atoms with Crippen LogP contribution in [0.2, 0.25) is 0 Å². The van der Waals surface area contributed by atoms with Gasteiger partial charge in [-0.05, 0) is 32.0 Å². The van der Waals surface area contributed by atoms with Gasteiger partial charge in [0.2, 0.25) is 0 Å². The third kappa shape index (κ3) is 5.73. The summed E-state index contributed by atoms with van der Waals surface area (Å²) < 4.78 is 15.6. The molecule has 2 rings (SSSR count). The number of morpholine rings is 1. The van der Waals surface area contributed by atoms with Crippen LogP contribution in [0.1, 0.15) is 24.2 Å². The zero-order valence-corrected chi connectivity index (χ0v) is 15.2. The van der Waals surface area contributed by atoms with Crippen molar-refractivity contribution in [3.63, 3.8) is 0 Å². The molecule has 0 saturated carbocycles. The number of carbonyl (C=O) groups excluding carboxylic acids is 3. The Morgan fingerprint density at radius 2 is 1.92 bits per heavy atom. The molecule has 0 aromatic heterocycles. The normalized spacial score (nSPS) is 19.6. The Labute approximate surface area is 152 Å². The van der Waals surface area contributed by atoms with Crippen LogP contribution in [0.25, 0.3) is 0 Å². The van der Waals surface area contributed by atoms with Crippen LogP contribution in [0.5, 0.6) is 5.75 Å². The van der Waals surface area contributed by atoms with E-state index in [2.05, 4.69) is 5.32 Å². The number of ether oxygens (including phenoxy) is 3. The first-order valence-electron chi connectivity index (χ1n) is 8.40. The summed E-state index contributed by atoms with van der Waals surface area (Å²) in [4.78, 5) is 37.5. The first-order chi connectivity index (χ1) is 12.4. The van der Waals surface area contributed by atoms with E-state index in [4.69, 9.17) is 14.2 Å². The molecule has 1 heterocycles. The van der Waals surface area contributed by atoms with E-state index >= 15 is 0 Å². The number of hydrogen-bond donors (Lipinski definition) is 1. The van der Waals surface area contributed by atoms with E-state index in [0.29, 0.717) is 24.4 Å². The maximum absolute atomic E-state index is 12.1. The Hall–Kier alpha value is -2.61. The van der Waals surface area contributed by atoms with E-state index < -0.39 is 11.9 Å². The van der Waals surface area contributed by atoms with Crippen LogP contribution >= 0.6 is 0 Å². The summed E-state index contributed by atoms with van der Waals surface area (Å²) >= 11 is 0. The van der Waals surface area contributed by atoms with E-state index in [0.717, 1.165) is 0 Å². The molecule has 1 fully saturated rings. The van der Waals surface area contributed by atoms with Gasteiger partial charge in [0, 0.05) is 18.7 Å². The van der Waals surface area contributed by atoms with Gasteiger partial charge < -0.3 is 24.4 Å². The molecule has 1 aromatic carbocycles. The van der Waals surface area contributed by atoms with E-state index in [-0.39, 0.29) is 31.3 Å². The van der Waals surface area contributed by atoms with Crippen LogP contribution in [0, 0.1) is 0 Å². The Balaban J connectivity index is 1.74.